The third-order valence-electron chi connectivity index (χ3n) is 3.44. The highest BCUT2D eigenvalue weighted by molar-refractivity contribution is 7.16. The Labute approximate surface area is 154 Å². The largest absolute Gasteiger partial charge is 0.462 e. The number of ether oxygens (including phenoxy) is 1. The summed E-state index contributed by atoms with van der Waals surface area (Å²) in [6, 6.07) is 1.44. The first-order valence-electron chi connectivity index (χ1n) is 7.85. The van der Waals surface area contributed by atoms with E-state index < -0.39 is 46.5 Å². The molecule has 1 N–H and O–H groups in total. The molecule has 1 amide bonds. The van der Waals surface area contributed by atoms with E-state index in [0.717, 1.165) is 11.3 Å². The Kier molecular flexibility index (Phi) is 6.53. The highest BCUT2D eigenvalue weighted by atomic mass is 32.1. The molecule has 0 unspecified atom stereocenters. The van der Waals surface area contributed by atoms with E-state index in [1.165, 1.54) is 6.07 Å². The number of halogens is 5. The van der Waals surface area contributed by atoms with E-state index in [2.05, 4.69) is 0 Å². The molecular formula is C17H14F5NO3S. The highest BCUT2D eigenvalue weighted by Gasteiger charge is 2.30. The molecule has 0 saturated heterocycles. The maximum absolute atomic E-state index is 13.8. The Morgan fingerprint density at radius 3 is 2.07 bits per heavy atom. The maximum atomic E-state index is 13.8. The fourth-order valence-corrected chi connectivity index (χ4v) is 3.38. The third-order valence-corrected chi connectivity index (χ3v) is 4.55. The summed E-state index contributed by atoms with van der Waals surface area (Å²) in [5.74, 6) is -13.7. The van der Waals surface area contributed by atoms with Crippen molar-refractivity contribution < 1.29 is 36.3 Å². The van der Waals surface area contributed by atoms with E-state index in [1.807, 2.05) is 12.2 Å². The van der Waals surface area contributed by atoms with Crippen molar-refractivity contribution in [2.75, 3.05) is 11.9 Å². The van der Waals surface area contributed by atoms with E-state index in [4.69, 9.17) is 4.74 Å². The number of amides is 1. The number of thiophene rings is 1. The molecule has 4 nitrogen and oxygen atoms in total. The summed E-state index contributed by atoms with van der Waals surface area (Å²) in [6.07, 6.45) is 1.27. The summed E-state index contributed by atoms with van der Waals surface area (Å²) in [7, 11) is 0. The van der Waals surface area contributed by atoms with Crippen molar-refractivity contribution in [3.05, 3.63) is 51.2 Å². The smallest absolute Gasteiger partial charge is 0.341 e. The van der Waals surface area contributed by atoms with Gasteiger partial charge in [0.25, 0.3) is 5.91 Å². The molecule has 146 valence electrons. The van der Waals surface area contributed by atoms with Gasteiger partial charge in [-0.3, -0.25) is 4.79 Å². The van der Waals surface area contributed by atoms with Gasteiger partial charge in [0.15, 0.2) is 23.3 Å². The lowest BCUT2D eigenvalue weighted by Gasteiger charge is -2.09. The van der Waals surface area contributed by atoms with Gasteiger partial charge in [-0.2, -0.15) is 0 Å². The molecule has 0 saturated carbocycles. The number of anilines is 1. The van der Waals surface area contributed by atoms with Gasteiger partial charge in [-0.05, 0) is 19.4 Å². The number of hydrogen-bond acceptors (Lipinski definition) is 4. The van der Waals surface area contributed by atoms with E-state index in [9.17, 15) is 31.5 Å². The minimum absolute atomic E-state index is 0.0445. The van der Waals surface area contributed by atoms with Crippen LogP contribution in [0.3, 0.4) is 0 Å². The second kappa shape index (κ2) is 8.47. The van der Waals surface area contributed by atoms with Crippen molar-refractivity contribution in [2.24, 2.45) is 0 Å². The van der Waals surface area contributed by atoms with Crippen LogP contribution >= 0.6 is 11.3 Å². The average molecular weight is 407 g/mol. The van der Waals surface area contributed by atoms with Crippen LogP contribution in [0.25, 0.3) is 0 Å². The van der Waals surface area contributed by atoms with Crippen molar-refractivity contribution in [1.29, 1.82) is 0 Å². The van der Waals surface area contributed by atoms with Crippen molar-refractivity contribution in [1.82, 2.24) is 0 Å². The molecule has 0 aliphatic heterocycles. The Hall–Kier alpha value is -2.49. The van der Waals surface area contributed by atoms with Crippen molar-refractivity contribution in [2.45, 2.75) is 26.7 Å². The normalized spacial score (nSPS) is 10.8. The minimum Gasteiger partial charge on any atom is -0.462 e. The summed E-state index contributed by atoms with van der Waals surface area (Å²) < 4.78 is 72.1. The monoisotopic (exact) mass is 407 g/mol. The Bertz CT molecular complexity index is 868. The van der Waals surface area contributed by atoms with Crippen molar-refractivity contribution >= 4 is 28.2 Å². The maximum Gasteiger partial charge on any atom is 0.341 e. The summed E-state index contributed by atoms with van der Waals surface area (Å²) in [6.45, 7) is 3.48. The quantitative estimate of drug-likeness (QED) is 0.323. The Morgan fingerprint density at radius 1 is 1.00 bits per heavy atom. The molecule has 2 aromatic rings. The molecule has 1 heterocycles. The molecular weight excluding hydrogens is 393 g/mol. The molecule has 1 aromatic heterocycles. The molecule has 1 aromatic carbocycles. The highest BCUT2D eigenvalue weighted by Crippen LogP contribution is 2.31. The second-order valence-corrected chi connectivity index (χ2v) is 6.46. The van der Waals surface area contributed by atoms with Crippen LogP contribution in [0.15, 0.2) is 6.07 Å². The molecule has 2 rings (SSSR count). The number of nitrogens with one attached hydrogen (secondary N) is 1. The van der Waals surface area contributed by atoms with Gasteiger partial charge in [0.05, 0.1) is 12.2 Å². The topological polar surface area (TPSA) is 55.4 Å². The van der Waals surface area contributed by atoms with Gasteiger partial charge < -0.3 is 10.1 Å². The van der Waals surface area contributed by atoms with Crippen LogP contribution in [0.2, 0.25) is 0 Å². The number of esters is 1. The van der Waals surface area contributed by atoms with Crippen LogP contribution in [0.1, 0.15) is 45.9 Å². The molecule has 27 heavy (non-hydrogen) atoms. The predicted octanol–water partition coefficient (Wildman–Crippen LogP) is 4.83. The zero-order valence-corrected chi connectivity index (χ0v) is 15.0. The first kappa shape index (κ1) is 20.8. The fraction of sp³-hybridized carbons (Fsp3) is 0.294. The zero-order chi connectivity index (χ0) is 20.3. The van der Waals surface area contributed by atoms with E-state index in [1.54, 1.807) is 6.92 Å². The number of rotatable bonds is 6. The molecule has 0 spiro atoms. The Balaban J connectivity index is 2.45. The number of aryl methyl sites for hydroxylation is 1. The first-order chi connectivity index (χ1) is 12.7. The van der Waals surface area contributed by atoms with Gasteiger partial charge in [-0.25, -0.2) is 26.7 Å². The van der Waals surface area contributed by atoms with E-state index in [-0.39, 0.29) is 17.2 Å². The summed E-state index contributed by atoms with van der Waals surface area (Å²) in [4.78, 5) is 24.9. The van der Waals surface area contributed by atoms with Crippen LogP contribution in [-0.2, 0) is 11.2 Å². The number of hydrogen-bond donors (Lipinski definition) is 1. The average Bonchev–Trinajstić information content (AvgIpc) is 3.01. The van der Waals surface area contributed by atoms with Crippen molar-refractivity contribution in [3.8, 4) is 0 Å². The standard InChI is InChI=1S/C17H14F5NO3S/c1-3-5-7-6-8(17(25)26-4-2)16(27-7)23-15(24)9-10(18)12(20)14(22)13(21)11(9)19/h6H,3-5H2,1-2H3,(H,23,24). The number of benzene rings is 1. The SMILES string of the molecule is CCCc1cc(C(=O)OCC)c(NC(=O)c2c(F)c(F)c(F)c(F)c2F)s1. The van der Waals surface area contributed by atoms with Crippen molar-refractivity contribution in [3.63, 3.8) is 0 Å². The fourth-order valence-electron chi connectivity index (χ4n) is 2.23. The van der Waals surface area contributed by atoms with Gasteiger partial charge in [0.2, 0.25) is 5.82 Å². The lowest BCUT2D eigenvalue weighted by Crippen LogP contribution is -2.20. The first-order valence-corrected chi connectivity index (χ1v) is 8.67. The third kappa shape index (κ3) is 4.10. The van der Waals surface area contributed by atoms with Crippen LogP contribution in [0.4, 0.5) is 27.0 Å². The minimum atomic E-state index is -2.37. The zero-order valence-electron chi connectivity index (χ0n) is 14.2. The molecule has 0 aliphatic carbocycles. The van der Waals surface area contributed by atoms with Crippen LogP contribution in [-0.4, -0.2) is 18.5 Å². The Morgan fingerprint density at radius 2 is 1.56 bits per heavy atom. The second-order valence-electron chi connectivity index (χ2n) is 5.33. The van der Waals surface area contributed by atoms with E-state index >= 15 is 0 Å². The number of carbonyl (C=O) groups is 2. The molecule has 0 fully saturated rings. The molecule has 0 atom stereocenters. The van der Waals surface area contributed by atoms with Gasteiger partial charge in [0.1, 0.15) is 10.6 Å². The molecule has 0 aliphatic rings. The van der Waals surface area contributed by atoms with Crippen LogP contribution in [0.5, 0.6) is 0 Å². The predicted molar refractivity (Wildman–Crippen MR) is 88.5 cm³/mol. The van der Waals surface area contributed by atoms with E-state index in [0.29, 0.717) is 17.7 Å². The molecule has 0 radical (unpaired) electrons. The van der Waals surface area contributed by atoms with Gasteiger partial charge in [-0.15, -0.1) is 11.3 Å². The van der Waals surface area contributed by atoms with Gasteiger partial charge in [-0.1, -0.05) is 13.3 Å². The van der Waals surface area contributed by atoms with Crippen LogP contribution < -0.4 is 5.32 Å². The lowest BCUT2D eigenvalue weighted by atomic mass is 10.1. The van der Waals surface area contributed by atoms with Crippen LogP contribution in [0, 0.1) is 29.1 Å². The molecule has 10 heteroatoms. The molecule has 0 bridgehead atoms. The summed E-state index contributed by atoms with van der Waals surface area (Å²) in [5.41, 5.74) is -1.70. The van der Waals surface area contributed by atoms with Gasteiger partial charge in [0, 0.05) is 4.88 Å². The lowest BCUT2D eigenvalue weighted by molar-refractivity contribution is 0.0528. The summed E-state index contributed by atoms with van der Waals surface area (Å²) in [5, 5.41) is 1.94. The van der Waals surface area contributed by atoms with Gasteiger partial charge >= 0.3 is 5.97 Å². The summed E-state index contributed by atoms with van der Waals surface area (Å²) >= 11 is 0.945. The number of carbonyl (C=O) groups excluding carboxylic acids is 2.